The van der Waals surface area contributed by atoms with Gasteiger partial charge in [-0.25, -0.2) is 4.98 Å². The molecule has 3 heterocycles. The molecule has 2 saturated heterocycles. The fourth-order valence-corrected chi connectivity index (χ4v) is 4.42. The number of hydrogen-bond acceptors (Lipinski definition) is 5. The van der Waals surface area contributed by atoms with Crippen molar-refractivity contribution < 1.29 is 4.74 Å². The van der Waals surface area contributed by atoms with Crippen molar-refractivity contribution in [3.8, 4) is 0 Å². The summed E-state index contributed by atoms with van der Waals surface area (Å²) in [7, 11) is 4.33. The average Bonchev–Trinajstić information content (AvgIpc) is 2.94. The van der Waals surface area contributed by atoms with Crippen molar-refractivity contribution >= 4 is 11.3 Å². The Hall–Kier alpha value is -0.490. The van der Waals surface area contributed by atoms with Gasteiger partial charge in [0.1, 0.15) is 0 Å². The van der Waals surface area contributed by atoms with E-state index in [1.165, 1.54) is 17.1 Å². The highest BCUT2D eigenvalue weighted by Crippen LogP contribution is 2.42. The molecule has 1 aromatic rings. The zero-order valence-corrected chi connectivity index (χ0v) is 12.9. The minimum absolute atomic E-state index is 0.349. The van der Waals surface area contributed by atoms with Gasteiger partial charge in [0.2, 0.25) is 0 Å². The molecule has 0 bridgehead atoms. The van der Waals surface area contributed by atoms with Gasteiger partial charge in [0, 0.05) is 42.4 Å². The number of aromatic nitrogens is 1. The molecule has 0 N–H and O–H groups in total. The van der Waals surface area contributed by atoms with Crippen LogP contribution in [-0.2, 0) is 11.3 Å². The molecule has 0 spiro atoms. The summed E-state index contributed by atoms with van der Waals surface area (Å²) >= 11 is 1.78. The summed E-state index contributed by atoms with van der Waals surface area (Å²) in [5.74, 6) is 0.697. The molecular weight excluding hydrogens is 258 g/mol. The van der Waals surface area contributed by atoms with Crippen molar-refractivity contribution in [1.29, 1.82) is 0 Å². The molecule has 0 aliphatic carbocycles. The van der Waals surface area contributed by atoms with Gasteiger partial charge in [0.05, 0.1) is 24.4 Å². The predicted molar refractivity (Wildman–Crippen MR) is 77.4 cm³/mol. The van der Waals surface area contributed by atoms with Crippen LogP contribution in [0.4, 0.5) is 0 Å². The molecular formula is C14H23N3OS. The molecule has 1 aromatic heterocycles. The highest BCUT2D eigenvalue weighted by molar-refractivity contribution is 7.09. The van der Waals surface area contributed by atoms with E-state index < -0.39 is 0 Å². The normalized spacial score (nSPS) is 31.3. The Labute approximate surface area is 119 Å². The van der Waals surface area contributed by atoms with Crippen LogP contribution in [0, 0.1) is 18.3 Å². The average molecular weight is 281 g/mol. The first kappa shape index (κ1) is 13.5. The lowest BCUT2D eigenvalue weighted by Crippen LogP contribution is -2.40. The van der Waals surface area contributed by atoms with Gasteiger partial charge < -0.3 is 9.64 Å². The number of hydrogen-bond donors (Lipinski definition) is 0. The zero-order chi connectivity index (χ0) is 13.5. The third-order valence-electron chi connectivity index (χ3n) is 4.43. The van der Waals surface area contributed by atoms with Gasteiger partial charge in [0.15, 0.2) is 0 Å². The summed E-state index contributed by atoms with van der Waals surface area (Å²) < 4.78 is 5.76. The zero-order valence-electron chi connectivity index (χ0n) is 12.1. The Morgan fingerprint density at radius 2 is 2.42 bits per heavy atom. The number of ether oxygens (including phenoxy) is 1. The van der Waals surface area contributed by atoms with E-state index in [4.69, 9.17) is 4.74 Å². The quantitative estimate of drug-likeness (QED) is 0.835. The Balaban J connectivity index is 1.70. The molecule has 2 aliphatic heterocycles. The second kappa shape index (κ2) is 5.13. The van der Waals surface area contributed by atoms with E-state index >= 15 is 0 Å². The Morgan fingerprint density at radius 1 is 1.58 bits per heavy atom. The van der Waals surface area contributed by atoms with E-state index in [0.29, 0.717) is 11.3 Å². The molecule has 19 heavy (non-hydrogen) atoms. The molecule has 2 fully saturated rings. The van der Waals surface area contributed by atoms with Crippen LogP contribution in [-0.4, -0.2) is 61.7 Å². The number of aryl methyl sites for hydroxylation is 1. The molecule has 2 aliphatic rings. The van der Waals surface area contributed by atoms with Crippen molar-refractivity contribution in [3.05, 3.63) is 16.1 Å². The van der Waals surface area contributed by atoms with Crippen molar-refractivity contribution in [3.63, 3.8) is 0 Å². The van der Waals surface area contributed by atoms with Crippen LogP contribution in [0.2, 0.25) is 0 Å². The van der Waals surface area contributed by atoms with Crippen LogP contribution in [0.3, 0.4) is 0 Å². The molecule has 106 valence electrons. The molecule has 0 saturated carbocycles. The van der Waals surface area contributed by atoms with Crippen LogP contribution in [0.25, 0.3) is 0 Å². The van der Waals surface area contributed by atoms with Crippen molar-refractivity contribution in [2.24, 2.45) is 11.3 Å². The van der Waals surface area contributed by atoms with Gasteiger partial charge in [-0.3, -0.25) is 4.90 Å². The third kappa shape index (κ3) is 2.57. The molecule has 4 nitrogen and oxygen atoms in total. The molecule has 5 heteroatoms. The van der Waals surface area contributed by atoms with E-state index in [0.717, 1.165) is 32.8 Å². The summed E-state index contributed by atoms with van der Waals surface area (Å²) in [5, 5.41) is 0. The van der Waals surface area contributed by atoms with Crippen molar-refractivity contribution in [2.45, 2.75) is 13.5 Å². The second-order valence-corrected chi connectivity index (χ2v) is 7.28. The summed E-state index contributed by atoms with van der Waals surface area (Å²) in [4.78, 5) is 10.7. The fourth-order valence-electron chi connectivity index (χ4n) is 3.60. The van der Waals surface area contributed by atoms with Gasteiger partial charge in [-0.05, 0) is 21.0 Å². The highest BCUT2D eigenvalue weighted by Gasteiger charge is 2.50. The first-order valence-corrected chi connectivity index (χ1v) is 7.81. The SMILES string of the molecule is Cc1ncsc1CN1C[C@@H]2COC[C@]2(CN(C)C)C1. The standard InChI is InChI=1S/C14H23N3OS/c1-11-13(19-10-15-11)5-17-4-12-6-18-9-14(12,8-17)7-16(2)3/h10,12H,4-9H2,1-3H3/t12-,14+/m1/s1. The fraction of sp³-hybridized carbons (Fsp3) is 0.786. The first-order chi connectivity index (χ1) is 9.09. The molecule has 2 atom stereocenters. The minimum atomic E-state index is 0.349. The maximum Gasteiger partial charge on any atom is 0.0798 e. The molecule has 0 unspecified atom stereocenters. The van der Waals surface area contributed by atoms with E-state index in [1.807, 2.05) is 5.51 Å². The molecule has 0 aromatic carbocycles. The van der Waals surface area contributed by atoms with Gasteiger partial charge >= 0.3 is 0 Å². The van der Waals surface area contributed by atoms with Crippen molar-refractivity contribution in [1.82, 2.24) is 14.8 Å². The van der Waals surface area contributed by atoms with Gasteiger partial charge in [0.25, 0.3) is 0 Å². The topological polar surface area (TPSA) is 28.6 Å². The van der Waals surface area contributed by atoms with Gasteiger partial charge in [-0.1, -0.05) is 0 Å². The third-order valence-corrected chi connectivity index (χ3v) is 5.35. The Kier molecular flexibility index (Phi) is 3.64. The van der Waals surface area contributed by atoms with Crippen LogP contribution in [0.5, 0.6) is 0 Å². The van der Waals surface area contributed by atoms with Crippen molar-refractivity contribution in [2.75, 3.05) is 46.9 Å². The van der Waals surface area contributed by atoms with Gasteiger partial charge in [-0.15, -0.1) is 11.3 Å². The smallest absolute Gasteiger partial charge is 0.0798 e. The lowest BCUT2D eigenvalue weighted by molar-refractivity contribution is 0.110. The number of likely N-dealkylation sites (tertiary alicyclic amines) is 1. The summed E-state index contributed by atoms with van der Waals surface area (Å²) in [6, 6.07) is 0. The number of rotatable bonds is 4. The maximum atomic E-state index is 5.76. The number of thiazole rings is 1. The van der Waals surface area contributed by atoms with Crippen LogP contribution in [0.1, 0.15) is 10.6 Å². The summed E-state index contributed by atoms with van der Waals surface area (Å²) in [6.07, 6.45) is 0. The number of fused-ring (bicyclic) bond motifs is 1. The van der Waals surface area contributed by atoms with Crippen LogP contribution in [0.15, 0.2) is 5.51 Å². The van der Waals surface area contributed by atoms with E-state index in [2.05, 4.69) is 35.8 Å². The summed E-state index contributed by atoms with van der Waals surface area (Å²) in [6.45, 7) is 8.50. The lowest BCUT2D eigenvalue weighted by atomic mass is 9.81. The van der Waals surface area contributed by atoms with E-state index in [1.54, 1.807) is 11.3 Å². The van der Waals surface area contributed by atoms with Gasteiger partial charge in [-0.2, -0.15) is 0 Å². The summed E-state index contributed by atoms with van der Waals surface area (Å²) in [5.41, 5.74) is 3.50. The van der Waals surface area contributed by atoms with Crippen LogP contribution < -0.4 is 0 Å². The minimum Gasteiger partial charge on any atom is -0.380 e. The second-order valence-electron chi connectivity index (χ2n) is 6.34. The Morgan fingerprint density at radius 3 is 3.11 bits per heavy atom. The lowest BCUT2D eigenvalue weighted by Gasteiger charge is -2.30. The van der Waals surface area contributed by atoms with E-state index in [9.17, 15) is 0 Å². The first-order valence-electron chi connectivity index (χ1n) is 6.93. The Bertz CT molecular complexity index is 448. The van der Waals surface area contributed by atoms with E-state index in [-0.39, 0.29) is 0 Å². The van der Waals surface area contributed by atoms with Crippen LogP contribution >= 0.6 is 11.3 Å². The molecule has 3 rings (SSSR count). The monoisotopic (exact) mass is 281 g/mol. The number of nitrogens with zero attached hydrogens (tertiary/aromatic N) is 3. The molecule has 0 radical (unpaired) electrons. The molecule has 0 amide bonds. The maximum absolute atomic E-state index is 5.76. The largest absolute Gasteiger partial charge is 0.380 e. The highest BCUT2D eigenvalue weighted by atomic mass is 32.1. The predicted octanol–water partition coefficient (Wildman–Crippen LogP) is 1.46.